The maximum Gasteiger partial charge on any atom is 0.256 e. The first-order chi connectivity index (χ1) is 13.7. The Morgan fingerprint density at radius 2 is 2.00 bits per heavy atom. The van der Waals surface area contributed by atoms with E-state index in [4.69, 9.17) is 4.74 Å². The van der Waals surface area contributed by atoms with Crippen LogP contribution in [0.3, 0.4) is 0 Å². The second-order valence-corrected chi connectivity index (χ2v) is 7.33. The summed E-state index contributed by atoms with van der Waals surface area (Å²) in [6.45, 7) is 1.39. The molecule has 4 rings (SSSR count). The molecule has 1 unspecified atom stereocenters. The summed E-state index contributed by atoms with van der Waals surface area (Å²) in [6, 6.07) is 9.68. The summed E-state index contributed by atoms with van der Waals surface area (Å²) in [4.78, 5) is 33.3. The maximum absolute atomic E-state index is 13.4. The van der Waals surface area contributed by atoms with Crippen molar-refractivity contribution in [3.8, 4) is 5.75 Å². The van der Waals surface area contributed by atoms with Gasteiger partial charge >= 0.3 is 0 Å². The van der Waals surface area contributed by atoms with E-state index in [0.717, 1.165) is 37.0 Å². The number of hydrogen-bond donors (Lipinski definition) is 0. The van der Waals surface area contributed by atoms with E-state index in [9.17, 15) is 9.59 Å². The number of methoxy groups -OCH3 is 1. The van der Waals surface area contributed by atoms with Crippen LogP contribution in [0.4, 0.5) is 5.69 Å². The first-order valence-corrected chi connectivity index (χ1v) is 9.88. The minimum Gasteiger partial charge on any atom is -0.496 e. The first kappa shape index (κ1) is 18.5. The Kier molecular flexibility index (Phi) is 5.28. The summed E-state index contributed by atoms with van der Waals surface area (Å²) in [5, 5.41) is 0. The van der Waals surface area contributed by atoms with Crippen molar-refractivity contribution in [1.82, 2.24) is 9.88 Å². The predicted octanol–water partition coefficient (Wildman–Crippen LogP) is 3.58. The molecule has 1 atom stereocenters. The molecular weight excluding hydrogens is 354 g/mol. The van der Waals surface area contributed by atoms with Crippen molar-refractivity contribution in [2.75, 3.05) is 25.1 Å². The largest absolute Gasteiger partial charge is 0.496 e. The van der Waals surface area contributed by atoms with Gasteiger partial charge in [-0.1, -0.05) is 18.2 Å². The Morgan fingerprint density at radius 1 is 1.14 bits per heavy atom. The van der Waals surface area contributed by atoms with Gasteiger partial charge in [0.05, 0.1) is 30.6 Å². The van der Waals surface area contributed by atoms with Gasteiger partial charge < -0.3 is 14.5 Å². The highest BCUT2D eigenvalue weighted by Gasteiger charge is 2.31. The average Bonchev–Trinajstić information content (AvgIpc) is 3.19. The number of hydrogen-bond acceptors (Lipinski definition) is 4. The van der Waals surface area contributed by atoms with Crippen molar-refractivity contribution >= 4 is 17.5 Å². The molecule has 1 aromatic heterocycles. The summed E-state index contributed by atoms with van der Waals surface area (Å²) in [6.07, 6.45) is 7.62. The fraction of sp³-hybridized carbons (Fsp3) is 0.409. The van der Waals surface area contributed by atoms with Crippen LogP contribution in [0.25, 0.3) is 0 Å². The van der Waals surface area contributed by atoms with Crippen molar-refractivity contribution < 1.29 is 14.3 Å². The van der Waals surface area contributed by atoms with Crippen LogP contribution in [0.2, 0.25) is 0 Å². The highest BCUT2D eigenvalue weighted by Crippen LogP contribution is 2.37. The Labute approximate surface area is 165 Å². The normalized spacial score (nSPS) is 19.8. The minimum atomic E-state index is -0.0448. The monoisotopic (exact) mass is 379 g/mol. The summed E-state index contributed by atoms with van der Waals surface area (Å²) in [5.41, 5.74) is 2.27. The fourth-order valence-corrected chi connectivity index (χ4v) is 4.22. The van der Waals surface area contributed by atoms with Gasteiger partial charge in [0.15, 0.2) is 0 Å². The van der Waals surface area contributed by atoms with Gasteiger partial charge in [-0.25, -0.2) is 0 Å². The van der Waals surface area contributed by atoms with Crippen LogP contribution in [0.1, 0.15) is 54.1 Å². The highest BCUT2D eigenvalue weighted by molar-refractivity contribution is 5.98. The van der Waals surface area contributed by atoms with Crippen LogP contribution < -0.4 is 9.64 Å². The molecule has 1 aromatic carbocycles. The molecule has 6 heteroatoms. The van der Waals surface area contributed by atoms with Gasteiger partial charge in [-0.2, -0.15) is 0 Å². The van der Waals surface area contributed by atoms with Crippen molar-refractivity contribution in [2.45, 2.75) is 38.1 Å². The lowest BCUT2D eigenvalue weighted by Crippen LogP contribution is -2.38. The molecule has 0 aliphatic carbocycles. The van der Waals surface area contributed by atoms with Gasteiger partial charge in [0.2, 0.25) is 5.91 Å². The van der Waals surface area contributed by atoms with Gasteiger partial charge in [-0.3, -0.25) is 14.6 Å². The third-order valence-corrected chi connectivity index (χ3v) is 5.62. The zero-order chi connectivity index (χ0) is 19.5. The number of piperidine rings is 1. The molecule has 2 amide bonds. The van der Waals surface area contributed by atoms with E-state index in [-0.39, 0.29) is 17.9 Å². The topological polar surface area (TPSA) is 62.7 Å². The lowest BCUT2D eigenvalue weighted by molar-refractivity contribution is -0.117. The van der Waals surface area contributed by atoms with Gasteiger partial charge in [0.1, 0.15) is 5.75 Å². The Balaban J connectivity index is 1.63. The number of rotatable bonds is 4. The van der Waals surface area contributed by atoms with E-state index in [1.54, 1.807) is 30.5 Å². The number of anilines is 1. The first-order valence-electron chi connectivity index (χ1n) is 9.88. The summed E-state index contributed by atoms with van der Waals surface area (Å²) >= 11 is 0. The quantitative estimate of drug-likeness (QED) is 0.815. The minimum absolute atomic E-state index is 0.0190. The molecule has 0 bridgehead atoms. The average molecular weight is 379 g/mol. The number of aromatic nitrogens is 1. The molecule has 0 saturated carbocycles. The van der Waals surface area contributed by atoms with Crippen LogP contribution in [0, 0.1) is 0 Å². The van der Waals surface area contributed by atoms with Crippen molar-refractivity contribution in [1.29, 1.82) is 0 Å². The van der Waals surface area contributed by atoms with E-state index < -0.39 is 0 Å². The number of amides is 2. The lowest BCUT2D eigenvalue weighted by Gasteiger charge is -2.36. The molecular formula is C22H25N3O3. The van der Waals surface area contributed by atoms with E-state index in [1.807, 2.05) is 29.2 Å². The smallest absolute Gasteiger partial charge is 0.256 e. The Bertz CT molecular complexity index is 883. The molecule has 146 valence electrons. The number of pyridine rings is 1. The van der Waals surface area contributed by atoms with Crippen LogP contribution in [0.15, 0.2) is 42.7 Å². The van der Waals surface area contributed by atoms with Gasteiger partial charge in [-0.05, 0) is 37.8 Å². The molecule has 2 aliphatic rings. The number of ether oxygens (including phenoxy) is 1. The molecule has 2 aromatic rings. The molecule has 2 aliphatic heterocycles. The summed E-state index contributed by atoms with van der Waals surface area (Å²) in [5.74, 6) is 0.856. The number of carbonyl (C=O) groups excluding carboxylic acids is 2. The van der Waals surface area contributed by atoms with Gasteiger partial charge in [0.25, 0.3) is 5.91 Å². The molecule has 0 radical (unpaired) electrons. The van der Waals surface area contributed by atoms with Crippen LogP contribution in [-0.2, 0) is 4.79 Å². The summed E-state index contributed by atoms with van der Waals surface area (Å²) < 4.78 is 5.54. The second kappa shape index (κ2) is 8.00. The number of carbonyl (C=O) groups is 2. The number of likely N-dealkylation sites (tertiary alicyclic amines) is 1. The molecule has 2 saturated heterocycles. The molecule has 6 nitrogen and oxygen atoms in total. The van der Waals surface area contributed by atoms with Crippen molar-refractivity contribution in [3.63, 3.8) is 0 Å². The third kappa shape index (κ3) is 3.46. The summed E-state index contributed by atoms with van der Waals surface area (Å²) in [7, 11) is 1.66. The fourth-order valence-electron chi connectivity index (χ4n) is 4.22. The molecule has 28 heavy (non-hydrogen) atoms. The number of benzene rings is 1. The zero-order valence-corrected chi connectivity index (χ0v) is 16.1. The second-order valence-electron chi connectivity index (χ2n) is 7.33. The molecule has 3 heterocycles. The Morgan fingerprint density at radius 3 is 2.79 bits per heavy atom. The van der Waals surface area contributed by atoms with E-state index >= 15 is 0 Å². The standard InChI is InChI=1S/C22H25N3O3/c1-28-20-9-3-2-7-18(20)19-8-4-5-11-25(19)22(27)16-13-17(15-23-14-16)24-12-6-10-21(24)26/h2-3,7,9,13-15,19H,4-6,8,10-12H2,1H3. The van der Waals surface area contributed by atoms with Crippen LogP contribution in [-0.4, -0.2) is 41.9 Å². The van der Waals surface area contributed by atoms with Crippen molar-refractivity contribution in [3.05, 3.63) is 53.9 Å². The van der Waals surface area contributed by atoms with E-state index in [1.165, 1.54) is 0 Å². The van der Waals surface area contributed by atoms with Crippen LogP contribution >= 0.6 is 0 Å². The lowest BCUT2D eigenvalue weighted by atomic mass is 9.94. The Hall–Kier alpha value is -2.89. The predicted molar refractivity (Wildman–Crippen MR) is 106 cm³/mol. The number of para-hydroxylation sites is 1. The SMILES string of the molecule is COc1ccccc1C1CCCCN1C(=O)c1cncc(N2CCCC2=O)c1. The van der Waals surface area contributed by atoms with E-state index in [0.29, 0.717) is 30.8 Å². The van der Waals surface area contributed by atoms with Crippen LogP contribution in [0.5, 0.6) is 5.75 Å². The highest BCUT2D eigenvalue weighted by atomic mass is 16.5. The number of nitrogens with zero attached hydrogens (tertiary/aromatic N) is 3. The molecule has 2 fully saturated rings. The zero-order valence-electron chi connectivity index (χ0n) is 16.1. The third-order valence-electron chi connectivity index (χ3n) is 5.62. The maximum atomic E-state index is 13.4. The van der Waals surface area contributed by atoms with Gasteiger partial charge in [0, 0.05) is 31.3 Å². The molecule has 0 N–H and O–H groups in total. The van der Waals surface area contributed by atoms with Gasteiger partial charge in [-0.15, -0.1) is 0 Å². The molecule has 0 spiro atoms. The van der Waals surface area contributed by atoms with E-state index in [2.05, 4.69) is 4.98 Å². The van der Waals surface area contributed by atoms with Crippen molar-refractivity contribution in [2.24, 2.45) is 0 Å².